The summed E-state index contributed by atoms with van der Waals surface area (Å²) in [6.07, 6.45) is 1.17. The fourth-order valence-corrected chi connectivity index (χ4v) is 3.62. The molecule has 1 N–H and O–H groups in total. The maximum atomic E-state index is 11.5. The second kappa shape index (κ2) is 5.28. The molecule has 1 fully saturated rings. The van der Waals surface area contributed by atoms with Crippen LogP contribution >= 0.6 is 11.3 Å². The quantitative estimate of drug-likeness (QED) is 0.863. The first-order valence-electron chi connectivity index (χ1n) is 6.38. The Bertz CT molecular complexity index is 470. The van der Waals surface area contributed by atoms with Gasteiger partial charge >= 0.3 is 5.97 Å². The maximum absolute atomic E-state index is 11.5. The molecule has 0 aromatic carbocycles. The van der Waals surface area contributed by atoms with Crippen LogP contribution in [0.15, 0.2) is 0 Å². The maximum Gasteiger partial charge on any atom is 0.356 e. The highest BCUT2D eigenvalue weighted by Gasteiger charge is 2.27. The van der Waals surface area contributed by atoms with Gasteiger partial charge in [0, 0.05) is 20.0 Å². The van der Waals surface area contributed by atoms with Crippen LogP contribution < -0.4 is 4.90 Å². The zero-order valence-electron chi connectivity index (χ0n) is 11.3. The molecule has 19 heavy (non-hydrogen) atoms. The molecule has 1 aliphatic heterocycles. The lowest BCUT2D eigenvalue weighted by atomic mass is 9.92. The number of piperidine rings is 1. The summed E-state index contributed by atoms with van der Waals surface area (Å²) in [5, 5.41) is 9.76. The van der Waals surface area contributed by atoms with Crippen LogP contribution in [0.2, 0.25) is 0 Å². The molecule has 2 heterocycles. The number of carboxylic acids is 1. The summed E-state index contributed by atoms with van der Waals surface area (Å²) in [7, 11) is 0. The zero-order chi connectivity index (χ0) is 14.2. The molecule has 0 saturated carbocycles. The van der Waals surface area contributed by atoms with Crippen molar-refractivity contribution in [1.82, 2.24) is 4.98 Å². The van der Waals surface area contributed by atoms with E-state index in [0.717, 1.165) is 13.1 Å². The van der Waals surface area contributed by atoms with Gasteiger partial charge < -0.3 is 10.0 Å². The van der Waals surface area contributed by atoms with E-state index >= 15 is 0 Å². The number of thiazole rings is 1. The third-order valence-electron chi connectivity index (χ3n) is 3.28. The van der Waals surface area contributed by atoms with Crippen molar-refractivity contribution in [3.8, 4) is 0 Å². The molecule has 2 rings (SSSR count). The number of ketones is 1. The largest absolute Gasteiger partial charge is 0.476 e. The van der Waals surface area contributed by atoms with Crippen LogP contribution in [0.4, 0.5) is 5.13 Å². The Hall–Kier alpha value is -1.43. The molecule has 6 heteroatoms. The second-order valence-corrected chi connectivity index (χ2v) is 6.36. The highest BCUT2D eigenvalue weighted by Crippen LogP contribution is 2.31. The van der Waals surface area contributed by atoms with Gasteiger partial charge in [-0.25, -0.2) is 9.78 Å². The molecule has 0 aliphatic carbocycles. The number of aromatic carboxylic acids is 1. The van der Waals surface area contributed by atoms with Crippen molar-refractivity contribution in [2.75, 3.05) is 18.0 Å². The Balaban J connectivity index is 2.32. The monoisotopic (exact) mass is 282 g/mol. The van der Waals surface area contributed by atoms with Crippen LogP contribution in [0, 0.1) is 11.8 Å². The van der Waals surface area contributed by atoms with Gasteiger partial charge in [0.2, 0.25) is 0 Å². The van der Waals surface area contributed by atoms with E-state index in [2.05, 4.69) is 23.7 Å². The van der Waals surface area contributed by atoms with Crippen LogP contribution in [0.25, 0.3) is 0 Å². The first-order valence-corrected chi connectivity index (χ1v) is 7.20. The van der Waals surface area contributed by atoms with Crippen LogP contribution in [-0.4, -0.2) is 34.9 Å². The summed E-state index contributed by atoms with van der Waals surface area (Å²) in [6, 6.07) is 0. The van der Waals surface area contributed by atoms with Gasteiger partial charge in [0.25, 0.3) is 0 Å². The van der Waals surface area contributed by atoms with Crippen LogP contribution in [0.3, 0.4) is 0 Å². The fraction of sp³-hybridized carbons (Fsp3) is 0.615. The highest BCUT2D eigenvalue weighted by atomic mass is 32.1. The molecule has 0 spiro atoms. The number of aromatic nitrogens is 1. The van der Waals surface area contributed by atoms with E-state index in [-0.39, 0.29) is 16.4 Å². The lowest BCUT2D eigenvalue weighted by Crippen LogP contribution is -2.38. The number of carbonyl (C=O) groups is 2. The van der Waals surface area contributed by atoms with E-state index in [9.17, 15) is 9.59 Å². The third kappa shape index (κ3) is 2.94. The van der Waals surface area contributed by atoms with Crippen molar-refractivity contribution in [2.24, 2.45) is 11.8 Å². The van der Waals surface area contributed by atoms with Crippen LogP contribution in [-0.2, 0) is 0 Å². The number of Topliss-reactive ketones (excluding diaryl/α,β-unsaturated/α-hetero) is 1. The Labute approximate surface area is 116 Å². The predicted molar refractivity (Wildman–Crippen MR) is 74.2 cm³/mol. The molecule has 104 valence electrons. The lowest BCUT2D eigenvalue weighted by molar-refractivity contribution is 0.0687. The molecular weight excluding hydrogens is 264 g/mol. The van der Waals surface area contributed by atoms with Gasteiger partial charge in [0.1, 0.15) is 4.88 Å². The number of anilines is 1. The molecule has 0 bridgehead atoms. The topological polar surface area (TPSA) is 70.5 Å². The van der Waals surface area contributed by atoms with Crippen molar-refractivity contribution in [2.45, 2.75) is 27.2 Å². The summed E-state index contributed by atoms with van der Waals surface area (Å²) in [5.74, 6) is -0.256. The Morgan fingerprint density at radius 1 is 1.32 bits per heavy atom. The van der Waals surface area contributed by atoms with Gasteiger partial charge in [-0.2, -0.15) is 0 Å². The van der Waals surface area contributed by atoms with Crippen LogP contribution in [0.5, 0.6) is 0 Å². The summed E-state index contributed by atoms with van der Waals surface area (Å²) in [5.41, 5.74) is -0.113. The molecule has 1 aliphatic rings. The van der Waals surface area contributed by atoms with Crippen LogP contribution in [0.1, 0.15) is 47.4 Å². The van der Waals surface area contributed by atoms with E-state index in [1.54, 1.807) is 0 Å². The summed E-state index contributed by atoms with van der Waals surface area (Å²) >= 11 is 1.19. The molecule has 1 saturated heterocycles. The molecule has 1 aromatic rings. The Kier molecular flexibility index (Phi) is 3.89. The van der Waals surface area contributed by atoms with Gasteiger partial charge in [0.15, 0.2) is 16.6 Å². The van der Waals surface area contributed by atoms with E-state index < -0.39 is 5.97 Å². The molecule has 1 aromatic heterocycles. The van der Waals surface area contributed by atoms with Gasteiger partial charge in [-0.1, -0.05) is 25.2 Å². The number of carboxylic acid groups (broad SMARTS) is 1. The van der Waals surface area contributed by atoms with Crippen molar-refractivity contribution in [3.63, 3.8) is 0 Å². The fourth-order valence-electron chi connectivity index (χ4n) is 2.65. The standard InChI is InChI=1S/C13H18N2O3S/c1-7-4-8(2)6-15(5-7)13-14-10(12(17)18)11(19-13)9(3)16/h7-8H,4-6H2,1-3H3,(H,17,18). The molecular formula is C13H18N2O3S. The normalized spacial score (nSPS) is 23.4. The molecule has 5 nitrogen and oxygen atoms in total. The average molecular weight is 282 g/mol. The summed E-state index contributed by atoms with van der Waals surface area (Å²) < 4.78 is 0. The smallest absolute Gasteiger partial charge is 0.356 e. The molecule has 0 amide bonds. The Morgan fingerprint density at radius 2 is 1.89 bits per heavy atom. The predicted octanol–water partition coefficient (Wildman–Crippen LogP) is 2.53. The first kappa shape index (κ1) is 14.0. The SMILES string of the molecule is CC(=O)c1sc(N2CC(C)CC(C)C2)nc1C(=O)O. The zero-order valence-corrected chi connectivity index (χ0v) is 12.2. The van der Waals surface area contributed by atoms with Gasteiger partial charge in [-0.15, -0.1) is 0 Å². The summed E-state index contributed by atoms with van der Waals surface area (Å²) in [4.78, 5) is 29.1. The van der Waals surface area contributed by atoms with Crippen molar-refractivity contribution in [3.05, 3.63) is 10.6 Å². The molecule has 0 radical (unpaired) electrons. The van der Waals surface area contributed by atoms with Crippen molar-refractivity contribution in [1.29, 1.82) is 0 Å². The van der Waals surface area contributed by atoms with E-state index in [1.807, 2.05) is 0 Å². The van der Waals surface area contributed by atoms with E-state index in [0.29, 0.717) is 17.0 Å². The number of carbonyl (C=O) groups excluding carboxylic acids is 1. The minimum Gasteiger partial charge on any atom is -0.476 e. The number of hydrogen-bond acceptors (Lipinski definition) is 5. The van der Waals surface area contributed by atoms with Gasteiger partial charge in [-0.3, -0.25) is 4.79 Å². The third-order valence-corrected chi connectivity index (χ3v) is 4.49. The molecule has 2 atom stereocenters. The van der Waals surface area contributed by atoms with Gasteiger partial charge in [0.05, 0.1) is 0 Å². The van der Waals surface area contributed by atoms with E-state index in [1.165, 1.54) is 24.7 Å². The number of rotatable bonds is 3. The summed E-state index contributed by atoms with van der Waals surface area (Å²) in [6.45, 7) is 7.48. The average Bonchev–Trinajstić information content (AvgIpc) is 2.72. The highest BCUT2D eigenvalue weighted by molar-refractivity contribution is 7.17. The van der Waals surface area contributed by atoms with E-state index in [4.69, 9.17) is 5.11 Å². The Morgan fingerprint density at radius 3 is 2.32 bits per heavy atom. The van der Waals surface area contributed by atoms with Crippen molar-refractivity contribution < 1.29 is 14.7 Å². The van der Waals surface area contributed by atoms with Gasteiger partial charge in [-0.05, 0) is 18.3 Å². The lowest BCUT2D eigenvalue weighted by Gasteiger charge is -2.34. The minimum atomic E-state index is -1.13. The minimum absolute atomic E-state index is 0.113. The number of nitrogens with zero attached hydrogens (tertiary/aromatic N) is 2. The second-order valence-electron chi connectivity index (χ2n) is 5.39. The number of hydrogen-bond donors (Lipinski definition) is 1. The molecule has 2 unspecified atom stereocenters. The van der Waals surface area contributed by atoms with Crippen molar-refractivity contribution >= 4 is 28.2 Å². The first-order chi connectivity index (χ1) is 8.88.